The van der Waals surface area contributed by atoms with Gasteiger partial charge in [-0.15, -0.1) is 11.3 Å². The molecule has 3 heteroatoms. The van der Waals surface area contributed by atoms with E-state index in [1.165, 1.54) is 81.2 Å². The lowest BCUT2D eigenvalue weighted by atomic mass is 9.66. The van der Waals surface area contributed by atoms with Crippen molar-refractivity contribution >= 4 is 42.3 Å². The van der Waals surface area contributed by atoms with Gasteiger partial charge in [-0.2, -0.15) is 0 Å². The Bertz CT molecular complexity index is 3760. The zero-order chi connectivity index (χ0) is 43.6. The Balaban J connectivity index is 0.946. The van der Waals surface area contributed by atoms with E-state index >= 15 is 0 Å². The van der Waals surface area contributed by atoms with E-state index in [9.17, 15) is 0 Å². The number of hydrogen-bond donors (Lipinski definition) is 0. The first kappa shape index (κ1) is 38.2. The van der Waals surface area contributed by atoms with Gasteiger partial charge in [0.2, 0.25) is 0 Å². The molecule has 0 spiro atoms. The van der Waals surface area contributed by atoms with Crippen LogP contribution in [0.1, 0.15) is 22.3 Å². The van der Waals surface area contributed by atoms with Crippen molar-refractivity contribution in [3.05, 3.63) is 265 Å². The molecule has 0 bridgehead atoms. The van der Waals surface area contributed by atoms with Gasteiger partial charge >= 0.3 is 0 Å². The molecule has 0 radical (unpaired) electrons. The van der Waals surface area contributed by atoms with E-state index in [1.807, 2.05) is 17.4 Å². The van der Waals surface area contributed by atoms with Crippen LogP contribution < -0.4 is 0 Å². The summed E-state index contributed by atoms with van der Waals surface area (Å²) in [6.45, 7) is 0. The highest BCUT2D eigenvalue weighted by Gasteiger charge is 2.47. The molecule has 0 saturated carbocycles. The van der Waals surface area contributed by atoms with Crippen molar-refractivity contribution in [3.8, 4) is 67.3 Å². The van der Waals surface area contributed by atoms with Gasteiger partial charge < -0.3 is 0 Å². The van der Waals surface area contributed by atoms with Crippen LogP contribution in [0, 0.1) is 0 Å². The molecule has 0 N–H and O–H groups in total. The van der Waals surface area contributed by atoms with Gasteiger partial charge in [-0.1, -0.05) is 231 Å². The van der Waals surface area contributed by atoms with Crippen LogP contribution in [-0.4, -0.2) is 9.97 Å². The number of nitrogens with zero attached hydrogens (tertiary/aromatic N) is 2. The molecular weight excluding hydrogens is 817 g/mol. The van der Waals surface area contributed by atoms with Gasteiger partial charge in [-0.05, 0) is 78.5 Å². The Morgan fingerprint density at radius 3 is 1.55 bits per heavy atom. The smallest absolute Gasteiger partial charge is 0.160 e. The lowest BCUT2D eigenvalue weighted by Crippen LogP contribution is -2.29. The topological polar surface area (TPSA) is 25.8 Å². The SMILES string of the molecule is c1ccc(-c2nc(-c3ccc(-c4ccc(-c5cccc6c5C(c5ccccc5)(c5ccccc5)c5ccccc5-6)cc4)c4ccccc34)cc(-c3cccc4c3sc3ccccc34)n2)cc1. The first-order chi connectivity index (χ1) is 32.7. The van der Waals surface area contributed by atoms with Crippen molar-refractivity contribution in [3.63, 3.8) is 0 Å². The first-order valence-electron chi connectivity index (χ1n) is 22.6. The molecule has 2 aromatic heterocycles. The normalized spacial score (nSPS) is 12.7. The Hall–Kier alpha value is -8.24. The highest BCUT2D eigenvalue weighted by molar-refractivity contribution is 7.26. The average Bonchev–Trinajstić information content (AvgIpc) is 3.93. The maximum absolute atomic E-state index is 5.31. The second kappa shape index (κ2) is 15.5. The first-order valence-corrected chi connectivity index (χ1v) is 23.4. The molecule has 2 nitrogen and oxygen atoms in total. The molecule has 0 saturated heterocycles. The molecule has 0 atom stereocenters. The van der Waals surface area contributed by atoms with E-state index in [0.717, 1.165) is 33.5 Å². The monoisotopic (exact) mass is 856 g/mol. The summed E-state index contributed by atoms with van der Waals surface area (Å²) >= 11 is 1.83. The van der Waals surface area contributed by atoms with Gasteiger partial charge in [-0.3, -0.25) is 0 Å². The molecule has 0 fully saturated rings. The maximum Gasteiger partial charge on any atom is 0.160 e. The zero-order valence-corrected chi connectivity index (χ0v) is 36.7. The molecular formula is C63H40N2S. The zero-order valence-electron chi connectivity index (χ0n) is 35.9. The Labute approximate surface area is 387 Å². The minimum Gasteiger partial charge on any atom is -0.228 e. The van der Waals surface area contributed by atoms with Gasteiger partial charge in [0, 0.05) is 36.9 Å². The second-order valence-corrected chi connectivity index (χ2v) is 18.2. The second-order valence-electron chi connectivity index (χ2n) is 17.1. The van der Waals surface area contributed by atoms with Gasteiger partial charge in [0.1, 0.15) is 0 Å². The van der Waals surface area contributed by atoms with Crippen molar-refractivity contribution < 1.29 is 0 Å². The van der Waals surface area contributed by atoms with E-state index in [2.05, 4.69) is 237 Å². The van der Waals surface area contributed by atoms with E-state index in [1.54, 1.807) is 0 Å². The fourth-order valence-corrected chi connectivity index (χ4v) is 12.0. The molecule has 12 aromatic rings. The summed E-state index contributed by atoms with van der Waals surface area (Å²) in [5, 5.41) is 4.86. The van der Waals surface area contributed by atoms with Crippen LogP contribution >= 0.6 is 11.3 Å². The third kappa shape index (κ3) is 5.94. The van der Waals surface area contributed by atoms with Crippen molar-refractivity contribution in [1.29, 1.82) is 0 Å². The van der Waals surface area contributed by atoms with Gasteiger partial charge in [-0.25, -0.2) is 9.97 Å². The van der Waals surface area contributed by atoms with Crippen molar-refractivity contribution in [2.45, 2.75) is 5.41 Å². The predicted octanol–water partition coefficient (Wildman–Crippen LogP) is 16.7. The van der Waals surface area contributed by atoms with Gasteiger partial charge in [0.05, 0.1) is 16.8 Å². The number of rotatable bonds is 7. The molecule has 0 amide bonds. The number of hydrogen-bond acceptors (Lipinski definition) is 3. The minimum absolute atomic E-state index is 0.485. The third-order valence-corrected chi connectivity index (χ3v) is 14.8. The van der Waals surface area contributed by atoms with Crippen LogP contribution in [0.2, 0.25) is 0 Å². The summed E-state index contributed by atoms with van der Waals surface area (Å²) in [4.78, 5) is 10.6. The van der Waals surface area contributed by atoms with Crippen LogP contribution in [0.5, 0.6) is 0 Å². The van der Waals surface area contributed by atoms with Crippen LogP contribution in [0.15, 0.2) is 243 Å². The molecule has 1 aliphatic carbocycles. The van der Waals surface area contributed by atoms with Crippen molar-refractivity contribution in [2.75, 3.05) is 0 Å². The summed E-state index contributed by atoms with van der Waals surface area (Å²) in [5.41, 5.74) is 17.0. The summed E-state index contributed by atoms with van der Waals surface area (Å²) in [6.07, 6.45) is 0. The van der Waals surface area contributed by atoms with Gasteiger partial charge in [0.15, 0.2) is 5.82 Å². The third-order valence-electron chi connectivity index (χ3n) is 13.6. The molecule has 10 aromatic carbocycles. The fraction of sp³-hybridized carbons (Fsp3) is 0.0159. The maximum atomic E-state index is 5.31. The Kier molecular flexibility index (Phi) is 8.97. The molecule has 1 aliphatic rings. The summed E-state index contributed by atoms with van der Waals surface area (Å²) in [5.74, 6) is 0.712. The molecule has 0 unspecified atom stereocenters. The number of fused-ring (bicyclic) bond motifs is 7. The lowest BCUT2D eigenvalue weighted by molar-refractivity contribution is 0.770. The average molecular weight is 857 g/mol. The standard InChI is InChI=1S/C63H40N2S/c1-4-18-43(19-5-1)62-64-57(40-58(65-62)55-31-17-30-54-52-27-13-15-33-59(52)66-61(54)55)51-39-38-46(48-24-10-11-25-49(48)51)41-34-36-42(37-35-41)47-28-16-29-53-50-26-12-14-32-56(50)63(60(47)53,44-20-6-2-7-21-44)45-22-8-3-9-23-45/h1-40H. The number of thiophene rings is 1. The van der Waals surface area contributed by atoms with Crippen LogP contribution in [0.25, 0.3) is 98.2 Å². The van der Waals surface area contributed by atoms with Crippen molar-refractivity contribution in [1.82, 2.24) is 9.97 Å². The van der Waals surface area contributed by atoms with E-state index in [4.69, 9.17) is 9.97 Å². The molecule has 13 rings (SSSR count). The van der Waals surface area contributed by atoms with Crippen LogP contribution in [0.4, 0.5) is 0 Å². The molecule has 66 heavy (non-hydrogen) atoms. The van der Waals surface area contributed by atoms with E-state index in [0.29, 0.717) is 5.82 Å². The van der Waals surface area contributed by atoms with E-state index in [-0.39, 0.29) is 0 Å². The predicted molar refractivity (Wildman–Crippen MR) is 277 cm³/mol. The Morgan fingerprint density at radius 1 is 0.318 bits per heavy atom. The largest absolute Gasteiger partial charge is 0.228 e. The molecule has 0 aliphatic heterocycles. The van der Waals surface area contributed by atoms with Crippen molar-refractivity contribution in [2.24, 2.45) is 0 Å². The summed E-state index contributed by atoms with van der Waals surface area (Å²) in [7, 11) is 0. The van der Waals surface area contributed by atoms with Crippen LogP contribution in [-0.2, 0) is 5.41 Å². The Morgan fingerprint density at radius 2 is 0.818 bits per heavy atom. The highest BCUT2D eigenvalue weighted by Crippen LogP contribution is 2.58. The molecule has 308 valence electrons. The molecule has 2 heterocycles. The van der Waals surface area contributed by atoms with Crippen LogP contribution in [0.3, 0.4) is 0 Å². The quantitative estimate of drug-likeness (QED) is 0.160. The summed E-state index contributed by atoms with van der Waals surface area (Å²) < 4.78 is 2.51. The lowest BCUT2D eigenvalue weighted by Gasteiger charge is -2.35. The van der Waals surface area contributed by atoms with E-state index < -0.39 is 5.41 Å². The number of benzene rings is 10. The minimum atomic E-state index is -0.485. The highest BCUT2D eigenvalue weighted by atomic mass is 32.1. The summed E-state index contributed by atoms with van der Waals surface area (Å²) in [6, 6.07) is 88.2. The fourth-order valence-electron chi connectivity index (χ4n) is 10.7. The number of aromatic nitrogens is 2. The van der Waals surface area contributed by atoms with Gasteiger partial charge in [0.25, 0.3) is 0 Å².